The van der Waals surface area contributed by atoms with Gasteiger partial charge in [-0.05, 0) is 41.2 Å². The number of hydrogen-bond acceptors (Lipinski definition) is 3. The maximum atomic E-state index is 13.7. The van der Waals surface area contributed by atoms with Crippen LogP contribution in [0.5, 0.6) is 11.5 Å². The fourth-order valence-electron chi connectivity index (χ4n) is 4.11. The molecule has 4 rings (SSSR count). The first-order valence-corrected chi connectivity index (χ1v) is 8.45. The number of phenols is 2. The minimum absolute atomic E-state index is 0. The molecule has 9 heteroatoms. The molecule has 0 saturated heterocycles. The van der Waals surface area contributed by atoms with Crippen LogP contribution in [0, 0.1) is 0 Å². The number of hydrogen-bond donors (Lipinski definition) is 2. The molecule has 0 fully saturated rings. The average Bonchev–Trinajstić information content (AvgIpc) is 2.59. The molecule has 0 unspecified atom stereocenters. The molecule has 0 saturated carbocycles. The molecule has 0 bridgehead atoms. The molecule has 1 aliphatic heterocycles. The van der Waals surface area contributed by atoms with Crippen molar-refractivity contribution in [1.29, 1.82) is 0 Å². The monoisotopic (exact) mass is 421 g/mol. The molecule has 3 nitrogen and oxygen atoms in total. The van der Waals surface area contributed by atoms with Gasteiger partial charge in [0.15, 0.2) is 11.5 Å². The molecule has 2 aromatic rings. The van der Waals surface area contributed by atoms with Gasteiger partial charge in [-0.3, -0.25) is 4.90 Å². The van der Waals surface area contributed by atoms with Crippen LogP contribution in [-0.2, 0) is 12.8 Å². The third-order valence-corrected chi connectivity index (χ3v) is 5.38. The van der Waals surface area contributed by atoms with Crippen molar-refractivity contribution in [3.63, 3.8) is 0 Å². The predicted octanol–water partition coefficient (Wildman–Crippen LogP) is 4.84. The minimum Gasteiger partial charge on any atom is -0.504 e. The van der Waals surface area contributed by atoms with Crippen LogP contribution >= 0.6 is 12.4 Å². The molecular formula is C19H17ClF5NO2. The normalized spacial score (nSPS) is 18.8. The van der Waals surface area contributed by atoms with Gasteiger partial charge in [-0.15, -0.1) is 12.4 Å². The largest absolute Gasteiger partial charge is 0.504 e. The number of rotatable bonds is 2. The van der Waals surface area contributed by atoms with Gasteiger partial charge < -0.3 is 10.2 Å². The number of aromatic hydroxyl groups is 2. The van der Waals surface area contributed by atoms with Crippen LogP contribution in [0.25, 0.3) is 11.1 Å². The highest BCUT2D eigenvalue weighted by Crippen LogP contribution is 2.51. The lowest BCUT2D eigenvalue weighted by Crippen LogP contribution is -2.50. The van der Waals surface area contributed by atoms with Crippen molar-refractivity contribution in [3.05, 3.63) is 47.0 Å². The van der Waals surface area contributed by atoms with E-state index in [1.165, 1.54) is 11.0 Å². The predicted molar refractivity (Wildman–Crippen MR) is 95.2 cm³/mol. The summed E-state index contributed by atoms with van der Waals surface area (Å²) in [6, 6.07) is 7.47. The van der Waals surface area contributed by atoms with Crippen molar-refractivity contribution in [2.45, 2.75) is 31.0 Å². The first-order chi connectivity index (χ1) is 12.6. The fourth-order valence-corrected chi connectivity index (χ4v) is 4.11. The van der Waals surface area contributed by atoms with Crippen LogP contribution in [0.1, 0.15) is 22.7 Å². The molecule has 2 N–H and O–H groups in total. The van der Waals surface area contributed by atoms with Gasteiger partial charge in [0.1, 0.15) is 0 Å². The lowest BCUT2D eigenvalue weighted by Gasteiger charge is -2.43. The van der Waals surface area contributed by atoms with Crippen LogP contribution in [0.15, 0.2) is 30.3 Å². The molecule has 152 valence electrons. The van der Waals surface area contributed by atoms with E-state index in [1.54, 1.807) is 18.2 Å². The summed E-state index contributed by atoms with van der Waals surface area (Å²) < 4.78 is 65.5. The van der Waals surface area contributed by atoms with Gasteiger partial charge in [-0.2, -0.15) is 22.0 Å². The first-order valence-electron chi connectivity index (χ1n) is 8.45. The Kier molecular flexibility index (Phi) is 5.00. The number of nitrogens with zero attached hydrogens (tertiary/aromatic N) is 1. The Morgan fingerprint density at radius 3 is 2.39 bits per heavy atom. The Morgan fingerprint density at radius 2 is 1.71 bits per heavy atom. The second kappa shape index (κ2) is 6.77. The number of fused-ring (bicyclic) bond motifs is 2. The third kappa shape index (κ3) is 3.08. The van der Waals surface area contributed by atoms with Crippen molar-refractivity contribution in [2.75, 3.05) is 13.1 Å². The Hall–Kier alpha value is -2.06. The van der Waals surface area contributed by atoms with E-state index in [-0.39, 0.29) is 36.9 Å². The standard InChI is InChI=1S/C19H16F5NO2.ClH/c20-18(21,19(22,23)24)9-25-7-6-10-2-1-3-12-15(10)13(25)8-11-4-5-14(26)17(27)16(11)12;/h1-5,13,26-27H,6-9H2;1H/t13-;/m1./s1. The highest BCUT2D eigenvalue weighted by Gasteiger charge is 2.58. The second-order valence-corrected chi connectivity index (χ2v) is 6.99. The summed E-state index contributed by atoms with van der Waals surface area (Å²) in [5, 5.41) is 20.1. The third-order valence-electron chi connectivity index (χ3n) is 5.38. The average molecular weight is 422 g/mol. The maximum Gasteiger partial charge on any atom is 0.454 e. The zero-order valence-electron chi connectivity index (χ0n) is 14.4. The van der Waals surface area contributed by atoms with Crippen molar-refractivity contribution in [2.24, 2.45) is 0 Å². The topological polar surface area (TPSA) is 43.7 Å². The van der Waals surface area contributed by atoms with Crippen LogP contribution in [-0.4, -0.2) is 40.3 Å². The summed E-state index contributed by atoms with van der Waals surface area (Å²) in [5.74, 6) is -5.42. The quantitative estimate of drug-likeness (QED) is 0.538. The Balaban J connectivity index is 0.00000225. The van der Waals surface area contributed by atoms with Gasteiger partial charge in [0.05, 0.1) is 6.54 Å². The number of benzene rings is 2. The van der Waals surface area contributed by atoms with E-state index in [0.717, 1.165) is 5.56 Å². The molecule has 0 amide bonds. The van der Waals surface area contributed by atoms with Crippen molar-refractivity contribution < 1.29 is 32.2 Å². The number of phenolic OH excluding ortho intramolecular Hbond substituents is 2. The first kappa shape index (κ1) is 20.7. The SMILES string of the molecule is Cl.Oc1ccc2c(c1O)-c1cccc3c1[C@@H](C2)N(CC(F)(F)C(F)(F)F)CC3. The summed E-state index contributed by atoms with van der Waals surface area (Å²) in [5.41, 5.74) is 3.08. The van der Waals surface area contributed by atoms with Gasteiger partial charge in [0, 0.05) is 18.2 Å². The summed E-state index contributed by atoms with van der Waals surface area (Å²) in [6.07, 6.45) is -5.09. The lowest BCUT2D eigenvalue weighted by molar-refractivity contribution is -0.288. The van der Waals surface area contributed by atoms with Crippen LogP contribution in [0.4, 0.5) is 22.0 Å². The smallest absolute Gasteiger partial charge is 0.454 e. The summed E-state index contributed by atoms with van der Waals surface area (Å²) in [4.78, 5) is 1.17. The van der Waals surface area contributed by atoms with Crippen LogP contribution < -0.4 is 0 Å². The van der Waals surface area contributed by atoms with E-state index < -0.39 is 24.7 Å². The van der Waals surface area contributed by atoms with Crippen molar-refractivity contribution in [1.82, 2.24) is 4.90 Å². The second-order valence-electron chi connectivity index (χ2n) is 6.99. The Labute approximate surface area is 163 Å². The maximum absolute atomic E-state index is 13.7. The molecule has 0 aromatic heterocycles. The Bertz CT molecular complexity index is 916. The number of alkyl halides is 5. The van der Waals surface area contributed by atoms with E-state index in [9.17, 15) is 32.2 Å². The molecule has 2 aliphatic rings. The zero-order valence-corrected chi connectivity index (χ0v) is 15.2. The van der Waals surface area contributed by atoms with Gasteiger partial charge in [-0.25, -0.2) is 0 Å². The molecule has 1 aliphatic carbocycles. The van der Waals surface area contributed by atoms with Crippen LogP contribution in [0.3, 0.4) is 0 Å². The molecule has 0 radical (unpaired) electrons. The number of halogens is 6. The molecular weight excluding hydrogens is 405 g/mol. The zero-order chi connectivity index (χ0) is 19.6. The fraction of sp³-hybridized carbons (Fsp3) is 0.368. The van der Waals surface area contributed by atoms with Gasteiger partial charge in [0.2, 0.25) is 0 Å². The Morgan fingerprint density at radius 1 is 1.00 bits per heavy atom. The van der Waals surface area contributed by atoms with E-state index in [2.05, 4.69) is 0 Å². The lowest BCUT2D eigenvalue weighted by atomic mass is 9.76. The highest BCUT2D eigenvalue weighted by atomic mass is 35.5. The van der Waals surface area contributed by atoms with Crippen molar-refractivity contribution >= 4 is 12.4 Å². The molecule has 2 aromatic carbocycles. The van der Waals surface area contributed by atoms with E-state index >= 15 is 0 Å². The molecule has 1 atom stereocenters. The summed E-state index contributed by atoms with van der Waals surface area (Å²) in [7, 11) is 0. The summed E-state index contributed by atoms with van der Waals surface area (Å²) >= 11 is 0. The highest BCUT2D eigenvalue weighted by molar-refractivity contribution is 5.85. The van der Waals surface area contributed by atoms with Gasteiger partial charge in [-0.1, -0.05) is 24.3 Å². The molecule has 0 spiro atoms. The van der Waals surface area contributed by atoms with Crippen LogP contribution in [0.2, 0.25) is 0 Å². The molecule has 28 heavy (non-hydrogen) atoms. The van der Waals surface area contributed by atoms with Gasteiger partial charge >= 0.3 is 12.1 Å². The van der Waals surface area contributed by atoms with E-state index in [0.29, 0.717) is 28.7 Å². The van der Waals surface area contributed by atoms with Gasteiger partial charge in [0.25, 0.3) is 0 Å². The molecule has 1 heterocycles. The summed E-state index contributed by atoms with van der Waals surface area (Å²) in [6.45, 7) is -1.32. The minimum atomic E-state index is -5.61. The van der Waals surface area contributed by atoms with E-state index in [4.69, 9.17) is 0 Å². The van der Waals surface area contributed by atoms with Crippen molar-refractivity contribution in [3.8, 4) is 22.6 Å². The van der Waals surface area contributed by atoms with E-state index in [1.807, 2.05) is 6.07 Å².